The molecule has 0 heterocycles. The number of aryl methyl sites for hydroxylation is 2. The number of rotatable bonds is 6. The molecule has 0 aliphatic heterocycles. The molecule has 0 aliphatic carbocycles. The summed E-state index contributed by atoms with van der Waals surface area (Å²) in [5.74, 6) is -3.71. The van der Waals surface area contributed by atoms with Gasteiger partial charge in [-0.3, -0.25) is 9.59 Å². The van der Waals surface area contributed by atoms with E-state index in [0.29, 0.717) is 11.1 Å². The van der Waals surface area contributed by atoms with Gasteiger partial charge in [0, 0.05) is 0 Å². The van der Waals surface area contributed by atoms with Crippen molar-refractivity contribution in [1.82, 2.24) is 0 Å². The third-order valence-electron chi connectivity index (χ3n) is 4.03. The molecule has 0 aromatic heterocycles. The molecule has 2 N–H and O–H groups in total. The van der Waals surface area contributed by atoms with Crippen molar-refractivity contribution in [3.05, 3.63) is 70.8 Å². The molecule has 2 atom stereocenters. The van der Waals surface area contributed by atoms with E-state index < -0.39 is 23.8 Å². The molecule has 0 bridgehead atoms. The lowest BCUT2D eigenvalue weighted by atomic mass is 9.84. The standard InChI is InChI=1S/C19H20O4/c1-12-3-7-14(8-4-12)16(18(20)21)11-17(19(22)23)15-9-5-13(2)6-10-15/h3-10,16-17H,11H2,1-2H3,(H,20,21)(H,22,23). The predicted molar refractivity (Wildman–Crippen MR) is 87.7 cm³/mol. The number of carboxylic acid groups (broad SMARTS) is 2. The van der Waals surface area contributed by atoms with Crippen molar-refractivity contribution in [3.63, 3.8) is 0 Å². The minimum Gasteiger partial charge on any atom is -0.481 e. The van der Waals surface area contributed by atoms with Gasteiger partial charge in [0.05, 0.1) is 11.8 Å². The zero-order chi connectivity index (χ0) is 17.0. The zero-order valence-electron chi connectivity index (χ0n) is 13.2. The second-order valence-corrected chi connectivity index (χ2v) is 5.84. The fourth-order valence-corrected chi connectivity index (χ4v) is 2.59. The smallest absolute Gasteiger partial charge is 0.311 e. The lowest BCUT2D eigenvalue weighted by Gasteiger charge is -2.19. The minimum atomic E-state index is -1.01. The molecular formula is C19H20O4. The second-order valence-electron chi connectivity index (χ2n) is 5.84. The van der Waals surface area contributed by atoms with Crippen LogP contribution in [0.1, 0.15) is 40.5 Å². The van der Waals surface area contributed by atoms with Crippen LogP contribution < -0.4 is 0 Å². The van der Waals surface area contributed by atoms with Crippen LogP contribution in [0.5, 0.6) is 0 Å². The molecule has 23 heavy (non-hydrogen) atoms. The van der Waals surface area contributed by atoms with E-state index in [-0.39, 0.29) is 6.42 Å². The molecule has 4 nitrogen and oxygen atoms in total. The van der Waals surface area contributed by atoms with Crippen molar-refractivity contribution in [2.45, 2.75) is 32.1 Å². The fourth-order valence-electron chi connectivity index (χ4n) is 2.59. The summed E-state index contributed by atoms with van der Waals surface area (Å²) in [5.41, 5.74) is 3.32. The number of carboxylic acids is 2. The van der Waals surface area contributed by atoms with Crippen molar-refractivity contribution >= 4 is 11.9 Å². The van der Waals surface area contributed by atoms with Gasteiger partial charge in [-0.2, -0.15) is 0 Å². The Balaban J connectivity index is 2.31. The molecule has 4 heteroatoms. The van der Waals surface area contributed by atoms with Crippen LogP contribution >= 0.6 is 0 Å². The molecule has 2 aromatic carbocycles. The van der Waals surface area contributed by atoms with E-state index in [1.807, 2.05) is 38.1 Å². The van der Waals surface area contributed by atoms with Gasteiger partial charge < -0.3 is 10.2 Å². The maximum absolute atomic E-state index is 11.6. The molecule has 2 unspecified atom stereocenters. The number of benzene rings is 2. The molecule has 0 spiro atoms. The van der Waals surface area contributed by atoms with Crippen LogP contribution in [0.25, 0.3) is 0 Å². The summed E-state index contributed by atoms with van der Waals surface area (Å²) < 4.78 is 0. The molecule has 0 saturated carbocycles. The number of hydrogen-bond donors (Lipinski definition) is 2. The van der Waals surface area contributed by atoms with Crippen molar-refractivity contribution in [1.29, 1.82) is 0 Å². The number of hydrogen-bond acceptors (Lipinski definition) is 2. The normalized spacial score (nSPS) is 13.3. The molecule has 2 aromatic rings. The average Bonchev–Trinajstić information content (AvgIpc) is 2.50. The molecular weight excluding hydrogens is 292 g/mol. The van der Waals surface area contributed by atoms with Crippen LogP contribution in [0.2, 0.25) is 0 Å². The van der Waals surface area contributed by atoms with Gasteiger partial charge in [-0.15, -0.1) is 0 Å². The number of carbonyl (C=O) groups is 2. The summed E-state index contributed by atoms with van der Waals surface area (Å²) in [6.07, 6.45) is 0.0246. The van der Waals surface area contributed by atoms with Crippen LogP contribution in [0.4, 0.5) is 0 Å². The first-order chi connectivity index (χ1) is 10.9. The molecule has 0 radical (unpaired) electrons. The average molecular weight is 312 g/mol. The summed E-state index contributed by atoms with van der Waals surface area (Å²) in [7, 11) is 0. The Hall–Kier alpha value is -2.62. The first-order valence-electron chi connectivity index (χ1n) is 7.47. The van der Waals surface area contributed by atoms with E-state index in [0.717, 1.165) is 11.1 Å². The highest BCUT2D eigenvalue weighted by molar-refractivity contribution is 5.80. The van der Waals surface area contributed by atoms with Crippen molar-refractivity contribution < 1.29 is 19.8 Å². The molecule has 0 fully saturated rings. The summed E-state index contributed by atoms with van der Waals surface area (Å²) in [4.78, 5) is 23.3. The van der Waals surface area contributed by atoms with Crippen molar-refractivity contribution in [3.8, 4) is 0 Å². The molecule has 120 valence electrons. The molecule has 0 amide bonds. The monoisotopic (exact) mass is 312 g/mol. The van der Waals surface area contributed by atoms with Gasteiger partial charge in [0.15, 0.2) is 0 Å². The second kappa shape index (κ2) is 7.09. The van der Waals surface area contributed by atoms with Crippen LogP contribution in [-0.2, 0) is 9.59 Å². The van der Waals surface area contributed by atoms with Gasteiger partial charge in [-0.05, 0) is 31.4 Å². The summed E-state index contributed by atoms with van der Waals surface area (Å²) in [5, 5.41) is 19.0. The van der Waals surface area contributed by atoms with E-state index in [1.165, 1.54) is 0 Å². The van der Waals surface area contributed by atoms with E-state index in [2.05, 4.69) is 0 Å². The van der Waals surface area contributed by atoms with Gasteiger partial charge in [0.25, 0.3) is 0 Å². The Labute approximate surface area is 135 Å². The molecule has 0 aliphatic rings. The third-order valence-corrected chi connectivity index (χ3v) is 4.03. The van der Waals surface area contributed by atoms with Crippen LogP contribution in [0.3, 0.4) is 0 Å². The molecule has 2 rings (SSSR count). The Kier molecular flexibility index (Phi) is 5.16. The minimum absolute atomic E-state index is 0.0246. The summed E-state index contributed by atoms with van der Waals surface area (Å²) >= 11 is 0. The van der Waals surface area contributed by atoms with E-state index in [4.69, 9.17) is 0 Å². The maximum Gasteiger partial charge on any atom is 0.311 e. The Morgan fingerprint density at radius 2 is 1.04 bits per heavy atom. The van der Waals surface area contributed by atoms with Gasteiger partial charge in [-0.25, -0.2) is 0 Å². The first-order valence-corrected chi connectivity index (χ1v) is 7.47. The van der Waals surface area contributed by atoms with E-state index in [1.54, 1.807) is 24.3 Å². The SMILES string of the molecule is Cc1ccc(C(CC(C(=O)O)c2ccc(C)cc2)C(=O)O)cc1. The zero-order valence-corrected chi connectivity index (χ0v) is 13.2. The fraction of sp³-hybridized carbons (Fsp3) is 0.263. The lowest BCUT2D eigenvalue weighted by molar-refractivity contribution is -0.141. The van der Waals surface area contributed by atoms with Crippen molar-refractivity contribution in [2.24, 2.45) is 0 Å². The Morgan fingerprint density at radius 3 is 1.30 bits per heavy atom. The maximum atomic E-state index is 11.6. The highest BCUT2D eigenvalue weighted by Crippen LogP contribution is 2.31. The van der Waals surface area contributed by atoms with Gasteiger partial charge in [0.2, 0.25) is 0 Å². The Morgan fingerprint density at radius 1 is 0.739 bits per heavy atom. The van der Waals surface area contributed by atoms with Gasteiger partial charge in [0.1, 0.15) is 0 Å². The van der Waals surface area contributed by atoms with E-state index >= 15 is 0 Å². The summed E-state index contributed by atoms with van der Waals surface area (Å²) in [6.45, 7) is 3.85. The van der Waals surface area contributed by atoms with Gasteiger partial charge in [-0.1, -0.05) is 59.7 Å². The van der Waals surface area contributed by atoms with Gasteiger partial charge >= 0.3 is 11.9 Å². The third kappa shape index (κ3) is 4.19. The largest absolute Gasteiger partial charge is 0.481 e. The van der Waals surface area contributed by atoms with Crippen LogP contribution in [0.15, 0.2) is 48.5 Å². The summed E-state index contributed by atoms with van der Waals surface area (Å²) in [6, 6.07) is 14.4. The van der Waals surface area contributed by atoms with Crippen molar-refractivity contribution in [2.75, 3.05) is 0 Å². The quantitative estimate of drug-likeness (QED) is 0.852. The lowest BCUT2D eigenvalue weighted by Crippen LogP contribution is -2.20. The predicted octanol–water partition coefficient (Wildman–Crippen LogP) is 3.73. The van der Waals surface area contributed by atoms with Crippen LogP contribution in [-0.4, -0.2) is 22.2 Å². The molecule has 0 saturated heterocycles. The Bertz CT molecular complexity index is 625. The number of aliphatic carboxylic acids is 2. The van der Waals surface area contributed by atoms with E-state index in [9.17, 15) is 19.8 Å². The van der Waals surface area contributed by atoms with Crippen LogP contribution in [0, 0.1) is 13.8 Å². The highest BCUT2D eigenvalue weighted by Gasteiger charge is 2.29. The topological polar surface area (TPSA) is 74.6 Å². The highest BCUT2D eigenvalue weighted by atomic mass is 16.4. The first kappa shape index (κ1) is 16.7.